The Bertz CT molecular complexity index is 604. The number of aliphatic hydroxyl groups excluding tert-OH is 1. The van der Waals surface area contributed by atoms with Gasteiger partial charge in [0.2, 0.25) is 0 Å². The zero-order valence-corrected chi connectivity index (χ0v) is 12.4. The number of benzene rings is 2. The number of hydrogen-bond donors (Lipinski definition) is 1. The van der Waals surface area contributed by atoms with Gasteiger partial charge in [-0.15, -0.1) is 0 Å². The Hall–Kier alpha value is -1.10. The second kappa shape index (κ2) is 5.90. The van der Waals surface area contributed by atoms with E-state index in [1.165, 1.54) is 12.1 Å². The van der Waals surface area contributed by atoms with Gasteiger partial charge in [-0.1, -0.05) is 23.7 Å². The summed E-state index contributed by atoms with van der Waals surface area (Å²) in [5.74, 6) is 0.115. The number of hydrogen-bond acceptors (Lipinski definition) is 2. The van der Waals surface area contributed by atoms with Gasteiger partial charge in [-0.25, -0.2) is 4.39 Å². The van der Waals surface area contributed by atoms with Crippen molar-refractivity contribution in [1.82, 2.24) is 0 Å². The first-order chi connectivity index (χ1) is 9.02. The van der Waals surface area contributed by atoms with E-state index in [1.807, 2.05) is 0 Å². The van der Waals surface area contributed by atoms with E-state index in [0.29, 0.717) is 16.9 Å². The Kier molecular flexibility index (Phi) is 4.45. The van der Waals surface area contributed by atoms with Gasteiger partial charge < -0.3 is 9.84 Å². The number of rotatable bonds is 3. The topological polar surface area (TPSA) is 29.5 Å². The first-order valence-electron chi connectivity index (χ1n) is 5.49. The Morgan fingerprint density at radius 3 is 2.42 bits per heavy atom. The molecule has 0 aliphatic carbocycles. The van der Waals surface area contributed by atoms with Crippen LogP contribution in [0.4, 0.5) is 4.39 Å². The number of halogens is 3. The van der Waals surface area contributed by atoms with Crippen molar-refractivity contribution in [1.29, 1.82) is 0 Å². The molecule has 2 aromatic carbocycles. The van der Waals surface area contributed by atoms with E-state index in [-0.39, 0.29) is 5.02 Å². The van der Waals surface area contributed by atoms with Crippen molar-refractivity contribution in [2.75, 3.05) is 7.11 Å². The van der Waals surface area contributed by atoms with Crippen LogP contribution in [-0.4, -0.2) is 12.2 Å². The molecule has 1 atom stereocenters. The molecule has 5 heteroatoms. The Balaban J connectivity index is 2.35. The lowest BCUT2D eigenvalue weighted by Gasteiger charge is -2.13. The fourth-order valence-electron chi connectivity index (χ4n) is 1.73. The minimum Gasteiger partial charge on any atom is -0.496 e. The lowest BCUT2D eigenvalue weighted by atomic mass is 10.0. The van der Waals surface area contributed by atoms with Crippen LogP contribution in [0, 0.1) is 5.82 Å². The van der Waals surface area contributed by atoms with Crippen LogP contribution in [-0.2, 0) is 0 Å². The van der Waals surface area contributed by atoms with Crippen molar-refractivity contribution >= 4 is 27.5 Å². The lowest BCUT2D eigenvalue weighted by molar-refractivity contribution is 0.219. The highest BCUT2D eigenvalue weighted by atomic mass is 79.9. The molecule has 0 amide bonds. The fraction of sp³-hybridized carbons (Fsp3) is 0.143. The van der Waals surface area contributed by atoms with Crippen molar-refractivity contribution < 1.29 is 14.2 Å². The predicted molar refractivity (Wildman–Crippen MR) is 76.2 cm³/mol. The van der Waals surface area contributed by atoms with Gasteiger partial charge in [-0.3, -0.25) is 0 Å². The summed E-state index contributed by atoms with van der Waals surface area (Å²) in [6, 6.07) is 9.43. The summed E-state index contributed by atoms with van der Waals surface area (Å²) in [5, 5.41) is 10.3. The Morgan fingerprint density at radius 1 is 1.21 bits per heavy atom. The number of methoxy groups -OCH3 is 1. The molecule has 2 nitrogen and oxygen atoms in total. The summed E-state index contributed by atoms with van der Waals surface area (Å²) in [5.41, 5.74) is 1.08. The average Bonchev–Trinajstić information content (AvgIpc) is 2.41. The van der Waals surface area contributed by atoms with Gasteiger partial charge in [0, 0.05) is 0 Å². The van der Waals surface area contributed by atoms with Crippen molar-refractivity contribution in [3.8, 4) is 5.75 Å². The second-order valence-corrected chi connectivity index (χ2v) is 5.23. The van der Waals surface area contributed by atoms with Gasteiger partial charge in [-0.2, -0.15) is 0 Å². The third-order valence-electron chi connectivity index (χ3n) is 2.75. The highest BCUT2D eigenvalue weighted by molar-refractivity contribution is 9.10. The van der Waals surface area contributed by atoms with Crippen molar-refractivity contribution in [3.05, 3.63) is 62.8 Å². The second-order valence-electron chi connectivity index (χ2n) is 3.97. The van der Waals surface area contributed by atoms with E-state index >= 15 is 0 Å². The summed E-state index contributed by atoms with van der Waals surface area (Å²) in [7, 11) is 1.56. The fourth-order valence-corrected chi connectivity index (χ4v) is 2.40. The molecule has 0 heterocycles. The van der Waals surface area contributed by atoms with Crippen LogP contribution in [0.2, 0.25) is 5.02 Å². The molecule has 19 heavy (non-hydrogen) atoms. The smallest absolute Gasteiger partial charge is 0.142 e. The molecule has 0 bridgehead atoms. The zero-order chi connectivity index (χ0) is 14.0. The molecular weight excluding hydrogens is 335 g/mol. The summed E-state index contributed by atoms with van der Waals surface area (Å²) < 4.78 is 19.2. The standard InChI is InChI=1S/C14H11BrClFO2/c1-19-13-5-3-8(6-10(13)15)14(18)9-2-4-11(16)12(17)7-9/h2-7,14,18H,1H3. The maximum Gasteiger partial charge on any atom is 0.142 e. The van der Waals surface area contributed by atoms with E-state index in [2.05, 4.69) is 15.9 Å². The first kappa shape index (κ1) is 14.3. The molecule has 0 aliphatic heterocycles. The number of aliphatic hydroxyl groups is 1. The molecule has 0 aliphatic rings. The van der Waals surface area contributed by atoms with Gasteiger partial charge in [0.1, 0.15) is 17.7 Å². The van der Waals surface area contributed by atoms with Gasteiger partial charge in [0.15, 0.2) is 0 Å². The van der Waals surface area contributed by atoms with Gasteiger partial charge >= 0.3 is 0 Å². The summed E-state index contributed by atoms with van der Waals surface area (Å²) in [6.07, 6.45) is -0.922. The molecule has 0 fully saturated rings. The van der Waals surface area contributed by atoms with E-state index < -0.39 is 11.9 Å². The molecular formula is C14H11BrClFO2. The molecule has 2 aromatic rings. The summed E-state index contributed by atoms with van der Waals surface area (Å²) in [6.45, 7) is 0. The van der Waals surface area contributed by atoms with Crippen molar-refractivity contribution in [2.24, 2.45) is 0 Å². The Morgan fingerprint density at radius 2 is 1.84 bits per heavy atom. The molecule has 1 unspecified atom stereocenters. The molecule has 1 N–H and O–H groups in total. The van der Waals surface area contributed by atoms with Gasteiger partial charge in [0.25, 0.3) is 0 Å². The lowest BCUT2D eigenvalue weighted by Crippen LogP contribution is -2.00. The molecule has 100 valence electrons. The monoisotopic (exact) mass is 344 g/mol. The minimum atomic E-state index is -0.922. The first-order valence-corrected chi connectivity index (χ1v) is 6.66. The number of ether oxygens (including phenoxy) is 1. The molecule has 0 aromatic heterocycles. The SMILES string of the molecule is COc1ccc(C(O)c2ccc(Cl)c(F)c2)cc1Br. The highest BCUT2D eigenvalue weighted by Gasteiger charge is 2.14. The van der Waals surface area contributed by atoms with Crippen LogP contribution >= 0.6 is 27.5 Å². The van der Waals surface area contributed by atoms with Gasteiger partial charge in [-0.05, 0) is 51.3 Å². The van der Waals surface area contributed by atoms with Crippen molar-refractivity contribution in [2.45, 2.75) is 6.10 Å². The zero-order valence-electron chi connectivity index (χ0n) is 10.0. The van der Waals surface area contributed by atoms with Crippen LogP contribution in [0.25, 0.3) is 0 Å². The Labute approximate surface area is 123 Å². The molecule has 0 saturated heterocycles. The largest absolute Gasteiger partial charge is 0.496 e. The van der Waals surface area contributed by atoms with Crippen LogP contribution in [0.5, 0.6) is 5.75 Å². The maximum absolute atomic E-state index is 13.4. The van der Waals surface area contributed by atoms with Crippen LogP contribution in [0.15, 0.2) is 40.9 Å². The van der Waals surface area contributed by atoms with E-state index in [9.17, 15) is 9.50 Å². The highest BCUT2D eigenvalue weighted by Crippen LogP contribution is 2.31. The molecule has 2 rings (SSSR count). The van der Waals surface area contributed by atoms with E-state index in [4.69, 9.17) is 16.3 Å². The van der Waals surface area contributed by atoms with Crippen LogP contribution in [0.3, 0.4) is 0 Å². The average molecular weight is 346 g/mol. The van der Waals surface area contributed by atoms with Gasteiger partial charge in [0.05, 0.1) is 16.6 Å². The third kappa shape index (κ3) is 3.08. The predicted octanol–water partition coefficient (Wildman–Crippen LogP) is 4.33. The minimum absolute atomic E-state index is 0.0341. The normalized spacial score (nSPS) is 12.3. The van der Waals surface area contributed by atoms with Crippen molar-refractivity contribution in [3.63, 3.8) is 0 Å². The van der Waals surface area contributed by atoms with E-state index in [0.717, 1.165) is 4.47 Å². The van der Waals surface area contributed by atoms with E-state index in [1.54, 1.807) is 31.4 Å². The maximum atomic E-state index is 13.4. The van der Waals surface area contributed by atoms with Crippen LogP contribution in [0.1, 0.15) is 17.2 Å². The summed E-state index contributed by atoms with van der Waals surface area (Å²) >= 11 is 8.96. The molecule has 0 radical (unpaired) electrons. The van der Waals surface area contributed by atoms with Crippen LogP contribution < -0.4 is 4.74 Å². The molecule has 0 saturated carbocycles. The quantitative estimate of drug-likeness (QED) is 0.897. The summed E-state index contributed by atoms with van der Waals surface area (Å²) in [4.78, 5) is 0. The third-order valence-corrected chi connectivity index (χ3v) is 3.68. The molecule has 0 spiro atoms.